The van der Waals surface area contributed by atoms with Crippen molar-refractivity contribution in [2.24, 2.45) is 0 Å². The number of likely N-dealkylation sites (tertiary alicyclic amines) is 1. The first-order valence-electron chi connectivity index (χ1n) is 7.56. The molecular weight excluding hydrogens is 324 g/mol. The number of carboxylic acids is 1. The van der Waals surface area contributed by atoms with Crippen LogP contribution in [0.5, 0.6) is 0 Å². The second kappa shape index (κ2) is 7.04. The number of alkyl carbamates (subject to hydrolysis) is 1. The molecule has 8 nitrogen and oxygen atoms in total. The zero-order valence-corrected chi connectivity index (χ0v) is 14.9. The summed E-state index contributed by atoms with van der Waals surface area (Å²) in [7, 11) is -3.11. The smallest absolute Gasteiger partial charge is 0.408 e. The summed E-state index contributed by atoms with van der Waals surface area (Å²) in [6.07, 6.45) is -0.587. The minimum Gasteiger partial charge on any atom is -0.479 e. The lowest BCUT2D eigenvalue weighted by Gasteiger charge is -2.28. The zero-order chi connectivity index (χ0) is 17.9. The van der Waals surface area contributed by atoms with Crippen LogP contribution < -0.4 is 5.32 Å². The van der Waals surface area contributed by atoms with Gasteiger partial charge in [-0.25, -0.2) is 18.0 Å². The van der Waals surface area contributed by atoms with E-state index in [-0.39, 0.29) is 31.0 Å². The molecule has 1 heterocycles. The van der Waals surface area contributed by atoms with Crippen molar-refractivity contribution in [2.45, 2.75) is 45.3 Å². The van der Waals surface area contributed by atoms with Crippen molar-refractivity contribution in [3.8, 4) is 0 Å². The summed E-state index contributed by atoms with van der Waals surface area (Å²) in [6, 6.07) is 0. The standard InChI is InChI=1S/C14H26N2O6S/c1-5-23(20,21)9-8-16-7-6-14(10-16,11(17)18)15-12(19)22-13(2,3)4/h5-10H2,1-4H3,(H,15,19)(H,17,18). The third kappa shape index (κ3) is 5.98. The molecule has 1 aliphatic heterocycles. The second-order valence-electron chi connectivity index (χ2n) is 6.78. The predicted octanol–water partition coefficient (Wildman–Crippen LogP) is 0.475. The minimum atomic E-state index is -3.11. The number of sulfone groups is 1. The van der Waals surface area contributed by atoms with Crippen molar-refractivity contribution in [1.29, 1.82) is 0 Å². The largest absolute Gasteiger partial charge is 0.479 e. The second-order valence-corrected chi connectivity index (χ2v) is 9.25. The molecule has 1 fully saturated rings. The molecule has 0 bridgehead atoms. The van der Waals surface area contributed by atoms with Crippen molar-refractivity contribution in [3.05, 3.63) is 0 Å². The molecule has 1 rings (SSSR count). The van der Waals surface area contributed by atoms with E-state index in [0.717, 1.165) is 0 Å². The lowest BCUT2D eigenvalue weighted by Crippen LogP contribution is -2.57. The van der Waals surface area contributed by atoms with Crippen LogP contribution >= 0.6 is 0 Å². The Morgan fingerprint density at radius 3 is 2.43 bits per heavy atom. The lowest BCUT2D eigenvalue weighted by molar-refractivity contribution is -0.144. The molecule has 1 unspecified atom stereocenters. The highest BCUT2D eigenvalue weighted by Gasteiger charge is 2.46. The van der Waals surface area contributed by atoms with E-state index in [1.165, 1.54) is 0 Å². The molecule has 0 aromatic rings. The molecule has 0 aliphatic carbocycles. The van der Waals surface area contributed by atoms with E-state index in [9.17, 15) is 23.1 Å². The highest BCUT2D eigenvalue weighted by molar-refractivity contribution is 7.91. The van der Waals surface area contributed by atoms with Gasteiger partial charge in [0.25, 0.3) is 0 Å². The molecule has 0 aromatic heterocycles. The van der Waals surface area contributed by atoms with Crippen LogP contribution in [0.1, 0.15) is 34.1 Å². The Morgan fingerprint density at radius 1 is 1.35 bits per heavy atom. The minimum absolute atomic E-state index is 0.0222. The summed E-state index contributed by atoms with van der Waals surface area (Å²) in [5, 5.41) is 11.9. The van der Waals surface area contributed by atoms with Gasteiger partial charge in [0.15, 0.2) is 15.4 Å². The number of hydrogen-bond donors (Lipinski definition) is 2. The van der Waals surface area contributed by atoms with Crippen molar-refractivity contribution in [1.82, 2.24) is 10.2 Å². The van der Waals surface area contributed by atoms with E-state index in [1.807, 2.05) is 0 Å². The monoisotopic (exact) mass is 350 g/mol. The Kier molecular flexibility index (Phi) is 6.03. The maximum absolute atomic E-state index is 11.9. The first kappa shape index (κ1) is 19.7. The number of rotatable bonds is 6. The van der Waals surface area contributed by atoms with Gasteiger partial charge >= 0.3 is 12.1 Å². The number of aliphatic carboxylic acids is 1. The number of nitrogens with one attached hydrogen (secondary N) is 1. The molecule has 1 atom stereocenters. The fourth-order valence-electron chi connectivity index (χ4n) is 2.32. The molecule has 1 aliphatic rings. The molecule has 1 amide bonds. The molecule has 23 heavy (non-hydrogen) atoms. The van der Waals surface area contributed by atoms with Gasteiger partial charge in [-0.15, -0.1) is 0 Å². The van der Waals surface area contributed by atoms with Crippen LogP contribution in [0.15, 0.2) is 0 Å². The van der Waals surface area contributed by atoms with Crippen molar-refractivity contribution < 1.29 is 27.9 Å². The van der Waals surface area contributed by atoms with Crippen LogP contribution in [0.2, 0.25) is 0 Å². The van der Waals surface area contributed by atoms with Crippen LogP contribution in [0.25, 0.3) is 0 Å². The fraction of sp³-hybridized carbons (Fsp3) is 0.857. The maximum atomic E-state index is 11.9. The summed E-state index contributed by atoms with van der Waals surface area (Å²) >= 11 is 0. The third-order valence-corrected chi connectivity index (χ3v) is 5.34. The number of nitrogens with zero attached hydrogens (tertiary/aromatic N) is 1. The number of carbonyl (C=O) groups excluding carboxylic acids is 1. The van der Waals surface area contributed by atoms with Gasteiger partial charge in [-0.1, -0.05) is 6.92 Å². The number of carbonyl (C=O) groups is 2. The van der Waals surface area contributed by atoms with Gasteiger partial charge in [-0.05, 0) is 27.2 Å². The highest BCUT2D eigenvalue weighted by Crippen LogP contribution is 2.23. The van der Waals surface area contributed by atoms with Crippen LogP contribution in [-0.4, -0.2) is 72.8 Å². The summed E-state index contributed by atoms with van der Waals surface area (Å²) in [5.41, 5.74) is -2.17. The average Bonchev–Trinajstić information content (AvgIpc) is 2.79. The van der Waals surface area contributed by atoms with E-state index in [1.54, 1.807) is 32.6 Å². The van der Waals surface area contributed by atoms with Gasteiger partial charge < -0.3 is 15.2 Å². The highest BCUT2D eigenvalue weighted by atomic mass is 32.2. The van der Waals surface area contributed by atoms with Crippen LogP contribution in [0, 0.1) is 0 Å². The Labute approximate surface area is 137 Å². The summed E-state index contributed by atoms with van der Waals surface area (Å²) in [5.74, 6) is -1.11. The quantitative estimate of drug-likeness (QED) is 0.716. The number of carboxylic acid groups (broad SMARTS) is 1. The van der Waals surface area contributed by atoms with Gasteiger partial charge in [-0.3, -0.25) is 4.90 Å². The SMILES string of the molecule is CCS(=O)(=O)CCN1CCC(NC(=O)OC(C)(C)C)(C(=O)O)C1. The molecule has 9 heteroatoms. The molecule has 0 radical (unpaired) electrons. The molecule has 134 valence electrons. The predicted molar refractivity (Wildman–Crippen MR) is 85.1 cm³/mol. The number of hydrogen-bond acceptors (Lipinski definition) is 6. The van der Waals surface area contributed by atoms with E-state index >= 15 is 0 Å². The average molecular weight is 350 g/mol. The summed E-state index contributed by atoms with van der Waals surface area (Å²) in [4.78, 5) is 25.2. The molecule has 1 saturated heterocycles. The van der Waals surface area contributed by atoms with E-state index in [0.29, 0.717) is 6.54 Å². The topological polar surface area (TPSA) is 113 Å². The number of amides is 1. The zero-order valence-electron chi connectivity index (χ0n) is 14.1. The first-order valence-corrected chi connectivity index (χ1v) is 9.39. The Hall–Kier alpha value is -1.35. The first-order chi connectivity index (χ1) is 10.4. The van der Waals surface area contributed by atoms with Gasteiger partial charge in [0, 0.05) is 25.4 Å². The molecule has 2 N–H and O–H groups in total. The van der Waals surface area contributed by atoms with Crippen molar-refractivity contribution in [3.63, 3.8) is 0 Å². The Morgan fingerprint density at radius 2 is 1.96 bits per heavy atom. The maximum Gasteiger partial charge on any atom is 0.408 e. The summed E-state index contributed by atoms with van der Waals surface area (Å²) < 4.78 is 28.2. The molecular formula is C14H26N2O6S. The van der Waals surface area contributed by atoms with Crippen molar-refractivity contribution in [2.75, 3.05) is 31.1 Å². The third-order valence-electron chi connectivity index (χ3n) is 3.66. The Balaban J connectivity index is 2.70. The van der Waals surface area contributed by atoms with Crippen LogP contribution in [-0.2, 0) is 19.4 Å². The summed E-state index contributed by atoms with van der Waals surface area (Å²) in [6.45, 7) is 7.36. The van der Waals surface area contributed by atoms with Gasteiger partial charge in [-0.2, -0.15) is 0 Å². The molecule has 0 aromatic carbocycles. The van der Waals surface area contributed by atoms with Crippen LogP contribution in [0.4, 0.5) is 4.79 Å². The normalized spacial score (nSPS) is 22.8. The van der Waals surface area contributed by atoms with Crippen molar-refractivity contribution >= 4 is 21.9 Å². The van der Waals surface area contributed by atoms with Gasteiger partial charge in [0.2, 0.25) is 0 Å². The number of ether oxygens (including phenoxy) is 1. The Bertz CT molecular complexity index is 554. The van der Waals surface area contributed by atoms with Gasteiger partial charge in [0.05, 0.1) is 5.75 Å². The molecule has 0 spiro atoms. The fourth-order valence-corrected chi connectivity index (χ4v) is 3.15. The van der Waals surface area contributed by atoms with E-state index in [2.05, 4.69) is 5.32 Å². The van der Waals surface area contributed by atoms with Gasteiger partial charge in [0.1, 0.15) is 5.60 Å². The molecule has 0 saturated carbocycles. The van der Waals surface area contributed by atoms with E-state index in [4.69, 9.17) is 4.74 Å². The van der Waals surface area contributed by atoms with Crippen LogP contribution in [0.3, 0.4) is 0 Å². The lowest BCUT2D eigenvalue weighted by atomic mass is 9.99. The van der Waals surface area contributed by atoms with E-state index < -0.39 is 33.0 Å².